The van der Waals surface area contributed by atoms with Crippen LogP contribution in [0.2, 0.25) is 0 Å². The molecule has 2 atom stereocenters. The number of hydrogen-bond acceptors (Lipinski definition) is 5. The van der Waals surface area contributed by atoms with Gasteiger partial charge in [-0.1, -0.05) is 30.3 Å². The number of aromatic amines is 1. The van der Waals surface area contributed by atoms with Crippen LogP contribution in [0.4, 0.5) is 0 Å². The number of aromatic nitrogens is 3. The monoisotopic (exact) mass is 288 g/mol. The van der Waals surface area contributed by atoms with Crippen molar-refractivity contribution in [2.45, 2.75) is 31.6 Å². The number of rotatable bonds is 5. The van der Waals surface area contributed by atoms with Crippen LogP contribution < -0.4 is 5.32 Å². The summed E-state index contributed by atoms with van der Waals surface area (Å²) in [5.74, 6) is 0. The molecule has 2 unspecified atom stereocenters. The lowest BCUT2D eigenvalue weighted by Crippen LogP contribution is -2.45. The second kappa shape index (κ2) is 5.93. The van der Waals surface area contributed by atoms with Crippen LogP contribution in [-0.4, -0.2) is 45.4 Å². The normalized spacial score (nSPS) is 25.3. The summed E-state index contributed by atoms with van der Waals surface area (Å²) in [5, 5.41) is 24.8. The van der Waals surface area contributed by atoms with Crippen LogP contribution in [0, 0.1) is 0 Å². The maximum Gasteiger partial charge on any atom is 0.117 e. The number of benzene rings is 1. The van der Waals surface area contributed by atoms with Gasteiger partial charge in [0.1, 0.15) is 17.0 Å². The lowest BCUT2D eigenvalue weighted by molar-refractivity contribution is -0.0263. The summed E-state index contributed by atoms with van der Waals surface area (Å²) in [6.45, 7) is 3.55. The molecular weight excluding hydrogens is 268 g/mol. The number of nitrogens with zero attached hydrogens (tertiary/aromatic N) is 2. The Labute approximate surface area is 123 Å². The van der Waals surface area contributed by atoms with E-state index < -0.39 is 5.60 Å². The third-order valence-corrected chi connectivity index (χ3v) is 4.05. The molecule has 0 radical (unpaired) electrons. The third kappa shape index (κ3) is 2.97. The molecule has 0 spiro atoms. The Kier molecular flexibility index (Phi) is 4.01. The fourth-order valence-corrected chi connectivity index (χ4v) is 2.60. The Hall–Kier alpha value is -1.76. The van der Waals surface area contributed by atoms with Crippen molar-refractivity contribution in [3.05, 3.63) is 36.0 Å². The van der Waals surface area contributed by atoms with Crippen LogP contribution in [-0.2, 0) is 11.3 Å². The first-order chi connectivity index (χ1) is 10.2. The van der Waals surface area contributed by atoms with Crippen molar-refractivity contribution in [1.29, 1.82) is 0 Å². The van der Waals surface area contributed by atoms with Gasteiger partial charge in [0.2, 0.25) is 0 Å². The van der Waals surface area contributed by atoms with Gasteiger partial charge < -0.3 is 15.2 Å². The zero-order chi connectivity index (χ0) is 14.7. The van der Waals surface area contributed by atoms with Crippen molar-refractivity contribution >= 4 is 0 Å². The van der Waals surface area contributed by atoms with Gasteiger partial charge in [-0.3, -0.25) is 0 Å². The first kappa shape index (κ1) is 14.2. The van der Waals surface area contributed by atoms with Crippen molar-refractivity contribution in [3.63, 3.8) is 0 Å². The second-order valence-electron chi connectivity index (χ2n) is 5.46. The second-order valence-corrected chi connectivity index (χ2v) is 5.46. The Morgan fingerprint density at radius 3 is 2.90 bits per heavy atom. The molecule has 1 aromatic carbocycles. The largest absolute Gasteiger partial charge is 0.386 e. The fourth-order valence-electron chi connectivity index (χ4n) is 2.60. The molecule has 21 heavy (non-hydrogen) atoms. The molecule has 3 N–H and O–H groups in total. The first-order valence-corrected chi connectivity index (χ1v) is 7.19. The number of hydrogen-bond donors (Lipinski definition) is 3. The van der Waals surface area contributed by atoms with Crippen LogP contribution in [0.15, 0.2) is 30.3 Å². The molecular formula is C15H20N4O2. The Balaban J connectivity index is 1.63. The lowest BCUT2D eigenvalue weighted by atomic mass is 9.97. The fraction of sp³-hybridized carbons (Fsp3) is 0.467. The van der Waals surface area contributed by atoms with E-state index in [0.717, 1.165) is 17.0 Å². The molecule has 6 nitrogen and oxygen atoms in total. The Bertz CT molecular complexity index is 586. The van der Waals surface area contributed by atoms with Gasteiger partial charge in [-0.25, -0.2) is 0 Å². The maximum atomic E-state index is 10.4. The van der Waals surface area contributed by atoms with Crippen LogP contribution in [0.25, 0.3) is 11.3 Å². The summed E-state index contributed by atoms with van der Waals surface area (Å²) >= 11 is 0. The highest BCUT2D eigenvalue weighted by Crippen LogP contribution is 2.25. The molecule has 0 amide bonds. The molecule has 2 heterocycles. The van der Waals surface area contributed by atoms with Gasteiger partial charge in [-0.05, 0) is 6.92 Å². The summed E-state index contributed by atoms with van der Waals surface area (Å²) in [4.78, 5) is 0. The molecule has 6 heteroatoms. The van der Waals surface area contributed by atoms with E-state index in [2.05, 4.69) is 20.7 Å². The molecule has 1 fully saturated rings. The summed E-state index contributed by atoms with van der Waals surface area (Å²) in [6, 6.07) is 9.92. The highest BCUT2D eigenvalue weighted by atomic mass is 16.5. The van der Waals surface area contributed by atoms with Gasteiger partial charge in [-0.15, -0.1) is 0 Å². The summed E-state index contributed by atoms with van der Waals surface area (Å²) in [6.07, 6.45) is 0.516. The average Bonchev–Trinajstić information content (AvgIpc) is 3.08. The minimum absolute atomic E-state index is 0.143. The van der Waals surface area contributed by atoms with Crippen molar-refractivity contribution in [2.75, 3.05) is 13.2 Å². The van der Waals surface area contributed by atoms with Gasteiger partial charge >= 0.3 is 0 Å². The minimum atomic E-state index is -0.795. The van der Waals surface area contributed by atoms with E-state index in [1.165, 1.54) is 0 Å². The maximum absolute atomic E-state index is 10.4. The van der Waals surface area contributed by atoms with E-state index in [1.807, 2.05) is 37.3 Å². The summed E-state index contributed by atoms with van der Waals surface area (Å²) in [7, 11) is 0. The third-order valence-electron chi connectivity index (χ3n) is 4.05. The summed E-state index contributed by atoms with van der Waals surface area (Å²) in [5.41, 5.74) is 1.91. The number of ether oxygens (including phenoxy) is 1. The topological polar surface area (TPSA) is 83.1 Å². The molecule has 0 bridgehead atoms. The molecule has 2 aromatic rings. The van der Waals surface area contributed by atoms with Gasteiger partial charge in [0.05, 0.1) is 6.10 Å². The van der Waals surface area contributed by atoms with Crippen LogP contribution in [0.5, 0.6) is 0 Å². The molecule has 3 rings (SSSR count). The molecule has 0 saturated carbocycles. The Morgan fingerprint density at radius 1 is 1.38 bits per heavy atom. The van der Waals surface area contributed by atoms with Crippen molar-refractivity contribution < 1.29 is 9.84 Å². The molecule has 112 valence electrons. The van der Waals surface area contributed by atoms with Gasteiger partial charge in [0.25, 0.3) is 0 Å². The first-order valence-electron chi connectivity index (χ1n) is 7.19. The molecule has 1 aliphatic heterocycles. The predicted molar refractivity (Wildman–Crippen MR) is 78.5 cm³/mol. The summed E-state index contributed by atoms with van der Waals surface area (Å²) < 4.78 is 5.43. The number of H-pyrrole nitrogens is 1. The van der Waals surface area contributed by atoms with E-state index in [1.54, 1.807) is 0 Å². The van der Waals surface area contributed by atoms with E-state index in [4.69, 9.17) is 4.74 Å². The average molecular weight is 288 g/mol. The highest BCUT2D eigenvalue weighted by molar-refractivity contribution is 5.60. The van der Waals surface area contributed by atoms with Crippen molar-refractivity contribution in [1.82, 2.24) is 20.7 Å². The Morgan fingerprint density at radius 2 is 2.19 bits per heavy atom. The lowest BCUT2D eigenvalue weighted by Gasteiger charge is -2.26. The van der Waals surface area contributed by atoms with Crippen molar-refractivity contribution in [2.24, 2.45) is 0 Å². The van der Waals surface area contributed by atoms with E-state index in [9.17, 15) is 5.11 Å². The van der Waals surface area contributed by atoms with Crippen LogP contribution in [0.1, 0.15) is 19.0 Å². The van der Waals surface area contributed by atoms with Gasteiger partial charge in [-0.2, -0.15) is 15.4 Å². The number of aliphatic hydroxyl groups is 1. The molecule has 1 aromatic heterocycles. The van der Waals surface area contributed by atoms with Crippen molar-refractivity contribution in [3.8, 4) is 11.3 Å². The van der Waals surface area contributed by atoms with E-state index in [-0.39, 0.29) is 6.10 Å². The minimum Gasteiger partial charge on any atom is -0.386 e. The quantitative estimate of drug-likeness (QED) is 0.767. The molecule has 1 saturated heterocycles. The van der Waals surface area contributed by atoms with Gasteiger partial charge in [0.15, 0.2) is 0 Å². The van der Waals surface area contributed by atoms with Gasteiger partial charge in [0, 0.05) is 31.7 Å². The zero-order valence-corrected chi connectivity index (χ0v) is 12.0. The zero-order valence-electron chi connectivity index (χ0n) is 12.0. The smallest absolute Gasteiger partial charge is 0.117 e. The molecule has 1 aliphatic rings. The molecule has 0 aliphatic carbocycles. The van der Waals surface area contributed by atoms with Crippen LogP contribution >= 0.6 is 0 Å². The van der Waals surface area contributed by atoms with E-state index >= 15 is 0 Å². The SMILES string of the molecule is CC1OCCC1(O)CNCc1n[nH]nc1-c1ccccc1. The number of nitrogens with one attached hydrogen (secondary N) is 2. The highest BCUT2D eigenvalue weighted by Gasteiger charge is 2.39. The standard InChI is InChI=1S/C15H20N4O2/c1-11-15(20,7-8-21-11)10-16-9-13-14(18-19-17-13)12-5-3-2-4-6-12/h2-6,11,16,20H,7-10H2,1H3,(H,17,18,19). The van der Waals surface area contributed by atoms with E-state index in [0.29, 0.717) is 26.1 Å². The van der Waals surface area contributed by atoms with Crippen LogP contribution in [0.3, 0.4) is 0 Å². The predicted octanol–water partition coefficient (Wildman–Crippen LogP) is 1.10.